The van der Waals surface area contributed by atoms with Crippen LogP contribution in [0.2, 0.25) is 0 Å². The fraction of sp³-hybridized carbons (Fsp3) is 0.600. The first-order valence-corrected chi connectivity index (χ1v) is 8.16. The van der Waals surface area contributed by atoms with Crippen molar-refractivity contribution < 1.29 is 17.4 Å². The minimum atomic E-state index is -3.32. The van der Waals surface area contributed by atoms with Crippen LogP contribution in [0.25, 0.3) is 0 Å². The SMILES string of the molecule is CN(C)C=O.CS(=O)(=O)OC1CN(c2nccs2)C1. The summed E-state index contributed by atoms with van der Waals surface area (Å²) >= 11 is 1.54. The Labute approximate surface area is 116 Å². The lowest BCUT2D eigenvalue weighted by Gasteiger charge is -2.37. The van der Waals surface area contributed by atoms with Gasteiger partial charge < -0.3 is 9.80 Å². The molecule has 0 bridgehead atoms. The summed E-state index contributed by atoms with van der Waals surface area (Å²) in [5.41, 5.74) is 0. The number of nitrogens with zero attached hydrogens (tertiary/aromatic N) is 3. The number of aromatic nitrogens is 1. The van der Waals surface area contributed by atoms with Crippen molar-refractivity contribution in [1.82, 2.24) is 9.88 Å². The van der Waals surface area contributed by atoms with Gasteiger partial charge in [0.05, 0.1) is 6.26 Å². The van der Waals surface area contributed by atoms with Gasteiger partial charge in [0.25, 0.3) is 10.1 Å². The second-order valence-corrected chi connectivity index (χ2v) is 6.68. The summed E-state index contributed by atoms with van der Waals surface area (Å²) in [5.74, 6) is 0. The molecule has 9 heteroatoms. The molecular formula is C10H17N3O4S2. The highest BCUT2D eigenvalue weighted by Gasteiger charge is 2.31. The van der Waals surface area contributed by atoms with Crippen molar-refractivity contribution >= 4 is 33.0 Å². The van der Waals surface area contributed by atoms with Gasteiger partial charge in [0, 0.05) is 38.8 Å². The summed E-state index contributed by atoms with van der Waals surface area (Å²) in [6.45, 7) is 1.20. The summed E-state index contributed by atoms with van der Waals surface area (Å²) < 4.78 is 26.4. The second kappa shape index (κ2) is 6.83. The predicted octanol–water partition coefficient (Wildman–Crippen LogP) is 0.0123. The fourth-order valence-electron chi connectivity index (χ4n) is 1.27. The number of carbonyl (C=O) groups excluding carboxylic acids is 1. The molecule has 19 heavy (non-hydrogen) atoms. The average Bonchev–Trinajstić information content (AvgIpc) is 2.75. The molecule has 1 fully saturated rings. The van der Waals surface area contributed by atoms with Crippen molar-refractivity contribution in [3.05, 3.63) is 11.6 Å². The van der Waals surface area contributed by atoms with E-state index in [0.29, 0.717) is 13.1 Å². The topological polar surface area (TPSA) is 79.8 Å². The van der Waals surface area contributed by atoms with Gasteiger partial charge in [-0.25, -0.2) is 4.98 Å². The van der Waals surface area contributed by atoms with Crippen LogP contribution in [-0.4, -0.2) is 64.3 Å². The second-order valence-electron chi connectivity index (χ2n) is 4.21. The van der Waals surface area contributed by atoms with Crippen molar-refractivity contribution in [3.63, 3.8) is 0 Å². The Morgan fingerprint density at radius 1 is 1.53 bits per heavy atom. The van der Waals surface area contributed by atoms with Crippen LogP contribution in [0.4, 0.5) is 5.13 Å². The summed E-state index contributed by atoms with van der Waals surface area (Å²) in [4.78, 5) is 17.0. The molecule has 0 radical (unpaired) electrons. The summed E-state index contributed by atoms with van der Waals surface area (Å²) in [5, 5.41) is 2.80. The highest BCUT2D eigenvalue weighted by molar-refractivity contribution is 7.86. The third kappa shape index (κ3) is 5.99. The van der Waals surface area contributed by atoms with E-state index in [-0.39, 0.29) is 6.10 Å². The molecule has 0 spiro atoms. The summed E-state index contributed by atoms with van der Waals surface area (Å²) in [6.07, 6.45) is 3.33. The Morgan fingerprint density at radius 2 is 2.11 bits per heavy atom. The lowest BCUT2D eigenvalue weighted by atomic mass is 10.2. The number of carbonyl (C=O) groups is 1. The predicted molar refractivity (Wildman–Crippen MR) is 73.8 cm³/mol. The molecule has 2 heterocycles. The van der Waals surface area contributed by atoms with Gasteiger partial charge in [0.2, 0.25) is 6.41 Å². The van der Waals surface area contributed by atoms with E-state index in [2.05, 4.69) is 4.98 Å². The number of thiazole rings is 1. The van der Waals surface area contributed by atoms with Crippen molar-refractivity contribution in [2.45, 2.75) is 6.10 Å². The van der Waals surface area contributed by atoms with Gasteiger partial charge in [0.1, 0.15) is 6.10 Å². The molecule has 108 valence electrons. The van der Waals surface area contributed by atoms with E-state index in [4.69, 9.17) is 4.18 Å². The molecule has 0 N–H and O–H groups in total. The highest BCUT2D eigenvalue weighted by Crippen LogP contribution is 2.24. The van der Waals surface area contributed by atoms with Crippen LogP contribution in [0.5, 0.6) is 0 Å². The molecule has 1 aliphatic heterocycles. The molecule has 2 rings (SSSR count). The zero-order chi connectivity index (χ0) is 14.5. The lowest BCUT2D eigenvalue weighted by Crippen LogP contribution is -2.52. The minimum Gasteiger partial charge on any atom is -0.351 e. The maximum atomic E-state index is 10.8. The third-order valence-corrected chi connectivity index (χ3v) is 3.51. The monoisotopic (exact) mass is 307 g/mol. The molecule has 0 saturated carbocycles. The van der Waals surface area contributed by atoms with E-state index in [1.807, 2.05) is 10.3 Å². The number of hydrogen-bond acceptors (Lipinski definition) is 7. The summed E-state index contributed by atoms with van der Waals surface area (Å²) in [7, 11) is 0.0549. The van der Waals surface area contributed by atoms with E-state index in [1.54, 1.807) is 20.3 Å². The Kier molecular flexibility index (Phi) is 5.70. The van der Waals surface area contributed by atoms with Crippen LogP contribution in [0.3, 0.4) is 0 Å². The minimum absolute atomic E-state index is 0.214. The van der Waals surface area contributed by atoms with Gasteiger partial charge in [-0.1, -0.05) is 0 Å². The fourth-order valence-corrected chi connectivity index (χ4v) is 2.55. The zero-order valence-corrected chi connectivity index (χ0v) is 12.6. The van der Waals surface area contributed by atoms with Crippen molar-refractivity contribution in [2.75, 3.05) is 38.3 Å². The number of amides is 1. The van der Waals surface area contributed by atoms with E-state index < -0.39 is 10.1 Å². The molecule has 1 amide bonds. The van der Waals surface area contributed by atoms with Crippen molar-refractivity contribution in [3.8, 4) is 0 Å². The van der Waals surface area contributed by atoms with Gasteiger partial charge in [-0.3, -0.25) is 8.98 Å². The molecule has 1 aromatic heterocycles. The maximum Gasteiger partial charge on any atom is 0.264 e. The molecule has 7 nitrogen and oxygen atoms in total. The van der Waals surface area contributed by atoms with E-state index in [1.165, 1.54) is 16.2 Å². The van der Waals surface area contributed by atoms with Crippen LogP contribution in [-0.2, 0) is 19.1 Å². The lowest BCUT2D eigenvalue weighted by molar-refractivity contribution is -0.115. The third-order valence-electron chi connectivity index (χ3n) is 2.06. The molecule has 0 aliphatic carbocycles. The molecule has 1 aromatic rings. The molecule has 0 atom stereocenters. The maximum absolute atomic E-state index is 10.8. The van der Waals surface area contributed by atoms with Crippen LogP contribution in [0, 0.1) is 0 Å². The van der Waals surface area contributed by atoms with E-state index in [0.717, 1.165) is 17.8 Å². The first kappa shape index (κ1) is 15.9. The van der Waals surface area contributed by atoms with Crippen molar-refractivity contribution in [1.29, 1.82) is 0 Å². The Bertz CT molecular complexity index is 481. The normalized spacial score (nSPS) is 15.2. The highest BCUT2D eigenvalue weighted by atomic mass is 32.2. The number of anilines is 1. The summed E-state index contributed by atoms with van der Waals surface area (Å²) in [6, 6.07) is 0. The molecule has 0 aromatic carbocycles. The van der Waals surface area contributed by atoms with Crippen LogP contribution in [0.1, 0.15) is 0 Å². The Hall–Kier alpha value is -1.19. The first-order valence-electron chi connectivity index (χ1n) is 5.46. The van der Waals surface area contributed by atoms with Gasteiger partial charge in [-0.15, -0.1) is 11.3 Å². The van der Waals surface area contributed by atoms with Gasteiger partial charge >= 0.3 is 0 Å². The average molecular weight is 307 g/mol. The van der Waals surface area contributed by atoms with Gasteiger partial charge in [-0.05, 0) is 0 Å². The first-order chi connectivity index (χ1) is 8.81. The zero-order valence-electron chi connectivity index (χ0n) is 11.0. The van der Waals surface area contributed by atoms with Gasteiger partial charge in [-0.2, -0.15) is 8.42 Å². The number of rotatable bonds is 4. The van der Waals surface area contributed by atoms with E-state index in [9.17, 15) is 13.2 Å². The Balaban J connectivity index is 0.000000312. The smallest absolute Gasteiger partial charge is 0.264 e. The van der Waals surface area contributed by atoms with Crippen LogP contribution < -0.4 is 4.90 Å². The van der Waals surface area contributed by atoms with Gasteiger partial charge in [0.15, 0.2) is 5.13 Å². The standard InChI is InChI=1S/C7H10N2O3S2.C3H7NO/c1-14(10,11)12-6-4-9(5-6)7-8-2-3-13-7;1-4(2)3-5/h2-3,6H,4-5H2,1H3;3H,1-2H3. The van der Waals surface area contributed by atoms with Crippen LogP contribution >= 0.6 is 11.3 Å². The largest absolute Gasteiger partial charge is 0.351 e. The number of hydrogen-bond donors (Lipinski definition) is 0. The van der Waals surface area contributed by atoms with Crippen LogP contribution in [0.15, 0.2) is 11.6 Å². The molecule has 0 unspecified atom stereocenters. The van der Waals surface area contributed by atoms with Crippen molar-refractivity contribution in [2.24, 2.45) is 0 Å². The van der Waals surface area contributed by atoms with E-state index >= 15 is 0 Å². The Morgan fingerprint density at radius 3 is 2.47 bits per heavy atom. The molecular weight excluding hydrogens is 290 g/mol. The molecule has 1 aliphatic rings. The molecule has 1 saturated heterocycles. The quantitative estimate of drug-likeness (QED) is 0.576.